The molecule has 5 nitrogen and oxygen atoms in total. The number of nitrogens with one attached hydrogen (secondary N) is 3. The van der Waals surface area contributed by atoms with Crippen LogP contribution in [0.15, 0.2) is 24.3 Å². The first-order valence-corrected chi connectivity index (χ1v) is 7.07. The molecule has 20 heavy (non-hydrogen) atoms. The lowest BCUT2D eigenvalue weighted by Gasteiger charge is -2.12. The van der Waals surface area contributed by atoms with Crippen molar-refractivity contribution in [2.75, 3.05) is 10.6 Å². The van der Waals surface area contributed by atoms with Crippen molar-refractivity contribution >= 4 is 23.3 Å². The van der Waals surface area contributed by atoms with Crippen LogP contribution in [-0.2, 0) is 4.79 Å². The van der Waals surface area contributed by atoms with Gasteiger partial charge in [0.25, 0.3) is 0 Å². The Labute approximate surface area is 119 Å². The van der Waals surface area contributed by atoms with E-state index >= 15 is 0 Å². The van der Waals surface area contributed by atoms with Crippen molar-refractivity contribution in [1.82, 2.24) is 5.32 Å². The average molecular weight is 275 g/mol. The summed E-state index contributed by atoms with van der Waals surface area (Å²) >= 11 is 0. The predicted molar refractivity (Wildman–Crippen MR) is 79.7 cm³/mol. The maximum absolute atomic E-state index is 11.7. The minimum absolute atomic E-state index is 0.0835. The Morgan fingerprint density at radius 2 is 1.70 bits per heavy atom. The van der Waals surface area contributed by atoms with E-state index in [1.807, 2.05) is 13.8 Å². The van der Waals surface area contributed by atoms with Crippen LogP contribution in [0.5, 0.6) is 0 Å². The van der Waals surface area contributed by atoms with E-state index in [2.05, 4.69) is 16.0 Å². The third kappa shape index (κ3) is 4.26. The number of carbonyl (C=O) groups excluding carboxylic acids is 2. The zero-order valence-corrected chi connectivity index (χ0v) is 11.9. The van der Waals surface area contributed by atoms with Crippen LogP contribution in [0, 0.1) is 5.92 Å². The van der Waals surface area contributed by atoms with Gasteiger partial charge in [-0.25, -0.2) is 4.79 Å². The molecule has 1 aromatic rings. The van der Waals surface area contributed by atoms with Gasteiger partial charge in [0.15, 0.2) is 0 Å². The highest BCUT2D eigenvalue weighted by Gasteiger charge is 2.29. The number of carbonyl (C=O) groups is 2. The molecule has 0 aliphatic heterocycles. The molecule has 1 aliphatic rings. The van der Waals surface area contributed by atoms with Crippen molar-refractivity contribution in [2.24, 2.45) is 5.92 Å². The number of hydrogen-bond donors (Lipinski definition) is 3. The van der Waals surface area contributed by atoms with E-state index < -0.39 is 0 Å². The highest BCUT2D eigenvalue weighted by Crippen LogP contribution is 2.30. The molecule has 0 saturated heterocycles. The summed E-state index contributed by atoms with van der Waals surface area (Å²) in [6, 6.07) is 7.07. The molecule has 0 unspecified atom stereocenters. The van der Waals surface area contributed by atoms with Gasteiger partial charge < -0.3 is 16.0 Å². The predicted octanol–water partition coefficient (Wildman–Crippen LogP) is 2.96. The van der Waals surface area contributed by atoms with Crippen molar-refractivity contribution < 1.29 is 9.59 Å². The van der Waals surface area contributed by atoms with E-state index in [1.54, 1.807) is 24.3 Å². The maximum atomic E-state index is 11.7. The first-order valence-electron chi connectivity index (χ1n) is 7.07. The molecule has 0 radical (unpaired) electrons. The summed E-state index contributed by atoms with van der Waals surface area (Å²) < 4.78 is 0. The number of urea groups is 1. The molecule has 108 valence electrons. The van der Waals surface area contributed by atoms with Gasteiger partial charge in [0, 0.05) is 23.3 Å². The van der Waals surface area contributed by atoms with Crippen LogP contribution in [0.4, 0.5) is 16.2 Å². The zero-order valence-electron chi connectivity index (χ0n) is 11.9. The van der Waals surface area contributed by atoms with Crippen LogP contribution >= 0.6 is 0 Å². The van der Waals surface area contributed by atoms with Gasteiger partial charge in [-0.2, -0.15) is 0 Å². The van der Waals surface area contributed by atoms with Gasteiger partial charge in [0.2, 0.25) is 5.91 Å². The molecule has 3 amide bonds. The Kier molecular flexibility index (Phi) is 4.61. The fourth-order valence-electron chi connectivity index (χ4n) is 1.72. The highest BCUT2D eigenvalue weighted by molar-refractivity contribution is 5.94. The van der Waals surface area contributed by atoms with Crippen LogP contribution in [0.25, 0.3) is 0 Å². The molecule has 1 aliphatic carbocycles. The summed E-state index contributed by atoms with van der Waals surface area (Å²) in [6.45, 7) is 3.97. The third-order valence-corrected chi connectivity index (χ3v) is 3.35. The topological polar surface area (TPSA) is 70.2 Å². The van der Waals surface area contributed by atoms with Crippen LogP contribution in [0.3, 0.4) is 0 Å². The lowest BCUT2D eigenvalue weighted by molar-refractivity contribution is -0.117. The third-order valence-electron chi connectivity index (χ3n) is 3.35. The molecule has 3 N–H and O–H groups in total. The van der Waals surface area contributed by atoms with E-state index in [4.69, 9.17) is 0 Å². The fraction of sp³-hybridized carbons (Fsp3) is 0.467. The molecule has 1 saturated carbocycles. The lowest BCUT2D eigenvalue weighted by Crippen LogP contribution is -2.35. The summed E-state index contributed by atoms with van der Waals surface area (Å²) in [5.41, 5.74) is 1.46. The normalized spacial score (nSPS) is 15.3. The minimum atomic E-state index is -0.214. The molecular weight excluding hydrogens is 254 g/mol. The summed E-state index contributed by atoms with van der Waals surface area (Å²) in [7, 11) is 0. The van der Waals surface area contributed by atoms with Crippen molar-refractivity contribution in [3.8, 4) is 0 Å². The Hall–Kier alpha value is -2.04. The fourth-order valence-corrected chi connectivity index (χ4v) is 1.72. The van der Waals surface area contributed by atoms with Gasteiger partial charge >= 0.3 is 6.03 Å². The van der Waals surface area contributed by atoms with Crippen molar-refractivity contribution in [2.45, 2.75) is 39.2 Å². The number of rotatable bonds is 5. The summed E-state index contributed by atoms with van der Waals surface area (Å²) in [6.07, 6.45) is 2.86. The lowest BCUT2D eigenvalue weighted by atomic mass is 10.2. The van der Waals surface area contributed by atoms with Gasteiger partial charge in [-0.05, 0) is 50.5 Å². The molecule has 0 aromatic heterocycles. The van der Waals surface area contributed by atoms with E-state index in [1.165, 1.54) is 0 Å². The maximum Gasteiger partial charge on any atom is 0.319 e. The quantitative estimate of drug-likeness (QED) is 0.773. The van der Waals surface area contributed by atoms with Crippen molar-refractivity contribution in [3.63, 3.8) is 0 Å². The molecule has 1 fully saturated rings. The summed E-state index contributed by atoms with van der Waals surface area (Å²) in [5.74, 6) is 0.273. The largest absolute Gasteiger partial charge is 0.335 e. The standard InChI is InChI=1S/C15H21N3O2/c1-3-10(2)16-15(20)18-13-8-6-12(7-9-13)17-14(19)11-4-5-11/h6-11H,3-5H2,1-2H3,(H,17,19)(H2,16,18,20)/t10-/m1/s1. The molecule has 1 aromatic carbocycles. The van der Waals surface area contributed by atoms with Crippen LogP contribution in [0.2, 0.25) is 0 Å². The van der Waals surface area contributed by atoms with Crippen molar-refractivity contribution in [1.29, 1.82) is 0 Å². The second-order valence-corrected chi connectivity index (χ2v) is 5.25. The molecule has 2 rings (SSSR count). The zero-order chi connectivity index (χ0) is 14.5. The van der Waals surface area contributed by atoms with E-state index in [9.17, 15) is 9.59 Å². The summed E-state index contributed by atoms with van der Waals surface area (Å²) in [4.78, 5) is 23.3. The number of amides is 3. The Balaban J connectivity index is 1.84. The molecule has 0 spiro atoms. The van der Waals surface area contributed by atoms with E-state index in [-0.39, 0.29) is 23.9 Å². The first kappa shape index (κ1) is 14.4. The van der Waals surface area contributed by atoms with Crippen molar-refractivity contribution in [3.05, 3.63) is 24.3 Å². The first-order chi connectivity index (χ1) is 9.58. The van der Waals surface area contributed by atoms with Gasteiger partial charge in [0.05, 0.1) is 0 Å². The van der Waals surface area contributed by atoms with Gasteiger partial charge in [-0.3, -0.25) is 4.79 Å². The molecule has 1 atom stereocenters. The summed E-state index contributed by atoms with van der Waals surface area (Å²) in [5, 5.41) is 8.45. The second-order valence-electron chi connectivity index (χ2n) is 5.25. The van der Waals surface area contributed by atoms with Crippen LogP contribution in [0.1, 0.15) is 33.1 Å². The number of hydrogen-bond acceptors (Lipinski definition) is 2. The Morgan fingerprint density at radius 1 is 1.15 bits per heavy atom. The monoisotopic (exact) mass is 275 g/mol. The highest BCUT2D eigenvalue weighted by atomic mass is 16.2. The smallest absolute Gasteiger partial charge is 0.319 e. The van der Waals surface area contributed by atoms with Crippen LogP contribution < -0.4 is 16.0 Å². The Bertz CT molecular complexity index is 480. The molecule has 0 bridgehead atoms. The van der Waals surface area contributed by atoms with E-state index in [0.29, 0.717) is 5.69 Å². The molecular formula is C15H21N3O2. The number of anilines is 2. The minimum Gasteiger partial charge on any atom is -0.335 e. The number of benzene rings is 1. The van der Waals surface area contributed by atoms with Gasteiger partial charge in [-0.1, -0.05) is 6.92 Å². The SMILES string of the molecule is CC[C@@H](C)NC(=O)Nc1ccc(NC(=O)C2CC2)cc1. The molecule has 5 heteroatoms. The second kappa shape index (κ2) is 6.41. The van der Waals surface area contributed by atoms with Gasteiger partial charge in [0.1, 0.15) is 0 Å². The molecule has 0 heterocycles. The van der Waals surface area contributed by atoms with Gasteiger partial charge in [-0.15, -0.1) is 0 Å². The van der Waals surface area contributed by atoms with Crippen LogP contribution in [-0.4, -0.2) is 18.0 Å². The van der Waals surface area contributed by atoms with E-state index in [0.717, 1.165) is 24.9 Å². The average Bonchev–Trinajstić information content (AvgIpc) is 3.25. The Morgan fingerprint density at radius 3 is 2.20 bits per heavy atom.